The van der Waals surface area contributed by atoms with E-state index >= 15 is 0 Å². The lowest BCUT2D eigenvalue weighted by molar-refractivity contribution is 0.694. The molecule has 0 unspecified atom stereocenters. The van der Waals surface area contributed by atoms with Crippen molar-refractivity contribution in [1.82, 2.24) is 19.6 Å². The summed E-state index contributed by atoms with van der Waals surface area (Å²) in [5.41, 5.74) is 0.989. The lowest BCUT2D eigenvalue weighted by Gasteiger charge is -1.98. The summed E-state index contributed by atoms with van der Waals surface area (Å²) in [6, 6.07) is 4.85. The normalized spacial score (nSPS) is 10.5. The SMILES string of the molecule is Cc1cc(-n2c[c]cn2)n(C)n1. The smallest absolute Gasteiger partial charge is 0.151 e. The van der Waals surface area contributed by atoms with Crippen LogP contribution in [-0.4, -0.2) is 19.6 Å². The first-order chi connectivity index (χ1) is 5.77. The van der Waals surface area contributed by atoms with Gasteiger partial charge >= 0.3 is 0 Å². The van der Waals surface area contributed by atoms with Gasteiger partial charge in [-0.05, 0) is 6.92 Å². The van der Waals surface area contributed by atoms with Crippen LogP contribution in [-0.2, 0) is 7.05 Å². The second kappa shape index (κ2) is 2.48. The highest BCUT2D eigenvalue weighted by Gasteiger charge is 2.02. The molecule has 0 atom stereocenters. The predicted molar refractivity (Wildman–Crippen MR) is 43.9 cm³/mol. The van der Waals surface area contributed by atoms with Gasteiger partial charge in [0.15, 0.2) is 5.82 Å². The van der Waals surface area contributed by atoms with Crippen LogP contribution >= 0.6 is 0 Å². The second-order valence-electron chi connectivity index (χ2n) is 2.65. The van der Waals surface area contributed by atoms with Crippen molar-refractivity contribution in [3.8, 4) is 5.82 Å². The van der Waals surface area contributed by atoms with Crippen LogP contribution in [0, 0.1) is 13.0 Å². The number of hydrogen-bond acceptors (Lipinski definition) is 2. The Morgan fingerprint density at radius 2 is 2.33 bits per heavy atom. The van der Waals surface area contributed by atoms with Crippen LogP contribution in [0.5, 0.6) is 0 Å². The van der Waals surface area contributed by atoms with E-state index in [1.165, 1.54) is 0 Å². The fourth-order valence-electron chi connectivity index (χ4n) is 1.17. The highest BCUT2D eigenvalue weighted by molar-refractivity contribution is 5.23. The third-order valence-electron chi connectivity index (χ3n) is 1.67. The van der Waals surface area contributed by atoms with Crippen molar-refractivity contribution in [3.05, 3.63) is 30.2 Å². The van der Waals surface area contributed by atoms with E-state index in [4.69, 9.17) is 0 Å². The maximum absolute atomic E-state index is 4.21. The van der Waals surface area contributed by atoms with E-state index in [9.17, 15) is 0 Å². The average molecular weight is 161 g/mol. The number of nitrogens with zero attached hydrogens (tertiary/aromatic N) is 4. The van der Waals surface area contributed by atoms with Crippen LogP contribution in [0.15, 0.2) is 18.5 Å². The van der Waals surface area contributed by atoms with Gasteiger partial charge in [0.25, 0.3) is 0 Å². The number of rotatable bonds is 1. The summed E-state index contributed by atoms with van der Waals surface area (Å²) >= 11 is 0. The Morgan fingerprint density at radius 1 is 1.50 bits per heavy atom. The minimum absolute atomic E-state index is 0.953. The Bertz CT molecular complexity index is 372. The van der Waals surface area contributed by atoms with Crippen LogP contribution in [0.25, 0.3) is 5.82 Å². The molecule has 2 aromatic rings. The third kappa shape index (κ3) is 1.01. The highest BCUT2D eigenvalue weighted by Crippen LogP contribution is 2.05. The summed E-state index contributed by atoms with van der Waals surface area (Å²) in [4.78, 5) is 0. The molecule has 0 aliphatic carbocycles. The maximum Gasteiger partial charge on any atom is 0.151 e. The molecule has 0 bridgehead atoms. The number of hydrogen-bond donors (Lipinski definition) is 0. The van der Waals surface area contributed by atoms with Crippen molar-refractivity contribution in [3.63, 3.8) is 0 Å². The Balaban J connectivity index is 2.54. The molecule has 0 saturated carbocycles. The zero-order valence-corrected chi connectivity index (χ0v) is 7.02. The topological polar surface area (TPSA) is 35.6 Å². The molecule has 12 heavy (non-hydrogen) atoms. The summed E-state index contributed by atoms with van der Waals surface area (Å²) in [6.07, 6.45) is 3.40. The number of aryl methyl sites for hydroxylation is 2. The van der Waals surface area contributed by atoms with Gasteiger partial charge in [-0.25, -0.2) is 4.68 Å². The van der Waals surface area contributed by atoms with E-state index in [1.54, 1.807) is 21.8 Å². The van der Waals surface area contributed by atoms with Gasteiger partial charge in [-0.15, -0.1) is 0 Å². The van der Waals surface area contributed by atoms with Gasteiger partial charge in [-0.2, -0.15) is 10.2 Å². The van der Waals surface area contributed by atoms with E-state index in [-0.39, 0.29) is 0 Å². The molecule has 0 aromatic carbocycles. The fraction of sp³-hybridized carbons (Fsp3) is 0.250. The van der Waals surface area contributed by atoms with Crippen LogP contribution in [0.1, 0.15) is 5.69 Å². The molecule has 0 spiro atoms. The molecule has 0 saturated heterocycles. The molecule has 1 radical (unpaired) electrons. The Hall–Kier alpha value is -1.58. The summed E-state index contributed by atoms with van der Waals surface area (Å²) in [5.74, 6) is 0.953. The van der Waals surface area contributed by atoms with Crippen LogP contribution in [0.3, 0.4) is 0 Å². The molecule has 4 heteroatoms. The van der Waals surface area contributed by atoms with Gasteiger partial charge < -0.3 is 0 Å². The Kier molecular flexibility index (Phi) is 1.46. The quantitative estimate of drug-likeness (QED) is 0.617. The molecule has 0 amide bonds. The Labute approximate surface area is 70.4 Å². The molecule has 61 valence electrons. The zero-order valence-electron chi connectivity index (χ0n) is 7.02. The monoisotopic (exact) mass is 161 g/mol. The van der Waals surface area contributed by atoms with E-state index in [2.05, 4.69) is 16.3 Å². The van der Waals surface area contributed by atoms with Crippen molar-refractivity contribution in [2.75, 3.05) is 0 Å². The van der Waals surface area contributed by atoms with Gasteiger partial charge in [-0.1, -0.05) is 0 Å². The van der Waals surface area contributed by atoms with Crippen LogP contribution in [0.2, 0.25) is 0 Å². The van der Waals surface area contributed by atoms with Crippen molar-refractivity contribution in [1.29, 1.82) is 0 Å². The molecule has 2 aromatic heterocycles. The molecule has 0 aliphatic heterocycles. The van der Waals surface area contributed by atoms with Gasteiger partial charge in [-0.3, -0.25) is 4.68 Å². The summed E-state index contributed by atoms with van der Waals surface area (Å²) in [7, 11) is 1.89. The van der Waals surface area contributed by atoms with E-state index < -0.39 is 0 Å². The maximum atomic E-state index is 4.21. The van der Waals surface area contributed by atoms with E-state index in [1.807, 2.05) is 20.0 Å². The average Bonchev–Trinajstić information content (AvgIpc) is 2.58. The van der Waals surface area contributed by atoms with Gasteiger partial charge in [0, 0.05) is 25.4 Å². The van der Waals surface area contributed by atoms with Gasteiger partial charge in [0.2, 0.25) is 0 Å². The second-order valence-corrected chi connectivity index (χ2v) is 2.65. The summed E-state index contributed by atoms with van der Waals surface area (Å²) < 4.78 is 3.52. The van der Waals surface area contributed by atoms with Crippen LogP contribution < -0.4 is 0 Å². The lowest BCUT2D eigenvalue weighted by atomic mass is 10.5. The highest BCUT2D eigenvalue weighted by atomic mass is 15.4. The Morgan fingerprint density at radius 3 is 2.83 bits per heavy atom. The first-order valence-electron chi connectivity index (χ1n) is 3.69. The molecular formula is C8H9N4. The van der Waals surface area contributed by atoms with E-state index in [0.29, 0.717) is 0 Å². The molecule has 0 aliphatic rings. The largest absolute Gasteiger partial charge is 0.251 e. The van der Waals surface area contributed by atoms with Crippen LogP contribution in [0.4, 0.5) is 0 Å². The summed E-state index contributed by atoms with van der Waals surface area (Å²) in [5, 5.41) is 8.27. The third-order valence-corrected chi connectivity index (χ3v) is 1.67. The van der Waals surface area contributed by atoms with Crippen molar-refractivity contribution >= 4 is 0 Å². The minimum atomic E-state index is 0.953. The molecule has 0 N–H and O–H groups in total. The molecule has 4 nitrogen and oxygen atoms in total. The lowest BCUT2D eigenvalue weighted by Crippen LogP contribution is -2.02. The van der Waals surface area contributed by atoms with E-state index in [0.717, 1.165) is 11.5 Å². The zero-order chi connectivity index (χ0) is 8.55. The molecular weight excluding hydrogens is 152 g/mol. The first-order valence-corrected chi connectivity index (χ1v) is 3.69. The fourth-order valence-corrected chi connectivity index (χ4v) is 1.17. The van der Waals surface area contributed by atoms with Crippen molar-refractivity contribution in [2.45, 2.75) is 6.92 Å². The van der Waals surface area contributed by atoms with Crippen molar-refractivity contribution < 1.29 is 0 Å². The standard InChI is InChI=1S/C8H9N4/c1-7-6-8(11(2)10-7)12-5-3-4-9-12/h4-6H,1-2H3. The molecule has 0 fully saturated rings. The minimum Gasteiger partial charge on any atom is -0.251 e. The predicted octanol–water partition coefficient (Wildman–Crippen LogP) is 0.714. The van der Waals surface area contributed by atoms with Crippen molar-refractivity contribution in [2.24, 2.45) is 7.05 Å². The van der Waals surface area contributed by atoms with Gasteiger partial charge in [0.05, 0.1) is 11.9 Å². The summed E-state index contributed by atoms with van der Waals surface area (Å²) in [6.45, 7) is 1.96. The molecule has 2 heterocycles. The molecule has 2 rings (SSSR count). The first kappa shape index (κ1) is 7.09. The van der Waals surface area contributed by atoms with Gasteiger partial charge in [0.1, 0.15) is 0 Å². The number of aromatic nitrogens is 4.